The number of carbonyl (C=O) groups is 2. The number of hydrogen-bond acceptors (Lipinski definition) is 4. The van der Waals surface area contributed by atoms with Crippen LogP contribution in [0.4, 0.5) is 4.79 Å². The van der Waals surface area contributed by atoms with Crippen LogP contribution in [0.3, 0.4) is 0 Å². The Morgan fingerprint density at radius 1 is 1.32 bits per heavy atom. The first-order valence-corrected chi connectivity index (χ1v) is 6.63. The second kappa shape index (κ2) is 7.96. The smallest absolute Gasteiger partial charge is 0.329 e. The lowest BCUT2D eigenvalue weighted by Crippen LogP contribution is -2.56. The quantitative estimate of drug-likeness (QED) is 0.615. The Hall–Kier alpha value is -1.34. The highest BCUT2D eigenvalue weighted by atomic mass is 16.5. The van der Waals surface area contributed by atoms with Gasteiger partial charge in [0, 0.05) is 18.6 Å². The highest BCUT2D eigenvalue weighted by Crippen LogP contribution is 2.19. The van der Waals surface area contributed by atoms with Crippen LogP contribution in [0.25, 0.3) is 0 Å². The number of amides is 2. The van der Waals surface area contributed by atoms with Crippen LogP contribution in [-0.4, -0.2) is 54.0 Å². The Balaban J connectivity index is 2.17. The lowest BCUT2D eigenvalue weighted by atomic mass is 10.00. The van der Waals surface area contributed by atoms with Crippen LogP contribution in [-0.2, 0) is 9.53 Å². The Morgan fingerprint density at radius 2 is 1.95 bits per heavy atom. The van der Waals surface area contributed by atoms with Crippen molar-refractivity contribution in [3.8, 4) is 0 Å². The third-order valence-electron chi connectivity index (χ3n) is 3.18. The minimum absolute atomic E-state index is 0.185. The van der Waals surface area contributed by atoms with Crippen molar-refractivity contribution >= 4 is 12.0 Å². The van der Waals surface area contributed by atoms with Crippen molar-refractivity contribution in [3.05, 3.63) is 0 Å². The molecule has 110 valence electrons. The van der Waals surface area contributed by atoms with Crippen LogP contribution in [0, 0.1) is 0 Å². The first kappa shape index (κ1) is 15.7. The van der Waals surface area contributed by atoms with Gasteiger partial charge in [0.25, 0.3) is 0 Å². The van der Waals surface area contributed by atoms with Gasteiger partial charge in [-0.1, -0.05) is 6.42 Å². The van der Waals surface area contributed by atoms with Crippen LogP contribution < -0.4 is 10.7 Å². The fourth-order valence-corrected chi connectivity index (χ4v) is 2.19. The van der Waals surface area contributed by atoms with E-state index in [1.165, 1.54) is 6.42 Å². The van der Waals surface area contributed by atoms with Crippen molar-refractivity contribution in [1.29, 1.82) is 0 Å². The summed E-state index contributed by atoms with van der Waals surface area (Å²) in [4.78, 5) is 21.9. The first-order valence-electron chi connectivity index (χ1n) is 6.63. The number of piperidine rings is 1. The molecule has 0 aliphatic carbocycles. The van der Waals surface area contributed by atoms with Crippen molar-refractivity contribution in [2.75, 3.05) is 19.8 Å². The number of aliphatic carboxylic acids is 1. The highest BCUT2D eigenvalue weighted by molar-refractivity contribution is 5.73. The van der Waals surface area contributed by atoms with Gasteiger partial charge in [-0.05, 0) is 26.7 Å². The topological polar surface area (TPSA) is 90.9 Å². The molecule has 0 saturated carbocycles. The molecule has 1 aliphatic heterocycles. The number of carboxylic acid groups (broad SMARTS) is 1. The number of ether oxygens (including phenoxy) is 1. The number of urea groups is 1. The van der Waals surface area contributed by atoms with E-state index < -0.39 is 5.97 Å². The van der Waals surface area contributed by atoms with E-state index in [4.69, 9.17) is 9.84 Å². The van der Waals surface area contributed by atoms with Crippen LogP contribution in [0.5, 0.6) is 0 Å². The third kappa shape index (κ3) is 5.89. The van der Waals surface area contributed by atoms with Gasteiger partial charge in [-0.2, -0.15) is 0 Å². The summed E-state index contributed by atoms with van der Waals surface area (Å²) in [5, 5.41) is 13.0. The fraction of sp³-hybridized carbons (Fsp3) is 0.833. The van der Waals surface area contributed by atoms with Crippen molar-refractivity contribution in [2.45, 2.75) is 45.2 Å². The number of hydrazine groups is 1. The van der Waals surface area contributed by atoms with Gasteiger partial charge in [0.1, 0.15) is 6.61 Å². The normalized spacial score (nSPS) is 23.9. The standard InChI is InChI=1S/C12H23N3O4/c1-9-4-3-5-10(2)15(9)14-12(18)13-6-7-19-8-11(16)17/h9-10H,3-8H2,1-2H3,(H,16,17)(H2,13,14,18). The maximum Gasteiger partial charge on any atom is 0.329 e. The van der Waals surface area contributed by atoms with E-state index in [0.717, 1.165) is 12.8 Å². The van der Waals surface area contributed by atoms with E-state index >= 15 is 0 Å². The van der Waals surface area contributed by atoms with E-state index in [1.807, 2.05) is 5.01 Å². The Bertz CT molecular complexity index is 301. The van der Waals surface area contributed by atoms with Gasteiger partial charge >= 0.3 is 12.0 Å². The molecule has 1 aliphatic rings. The second-order valence-electron chi connectivity index (χ2n) is 4.85. The van der Waals surface area contributed by atoms with Gasteiger partial charge in [-0.25, -0.2) is 14.6 Å². The summed E-state index contributed by atoms with van der Waals surface area (Å²) in [6.07, 6.45) is 3.34. The molecule has 1 heterocycles. The zero-order valence-corrected chi connectivity index (χ0v) is 11.5. The van der Waals surface area contributed by atoms with Gasteiger partial charge in [-0.15, -0.1) is 0 Å². The summed E-state index contributed by atoms with van der Waals surface area (Å²) in [7, 11) is 0. The number of carboxylic acids is 1. The number of hydrogen-bond donors (Lipinski definition) is 3. The molecule has 0 radical (unpaired) electrons. The predicted molar refractivity (Wildman–Crippen MR) is 69.6 cm³/mol. The van der Waals surface area contributed by atoms with E-state index in [9.17, 15) is 9.59 Å². The number of nitrogens with zero attached hydrogens (tertiary/aromatic N) is 1. The molecule has 1 rings (SSSR count). The molecule has 0 aromatic carbocycles. The Labute approximate surface area is 113 Å². The number of rotatable bonds is 6. The van der Waals surface area contributed by atoms with E-state index in [2.05, 4.69) is 24.6 Å². The molecule has 0 bridgehead atoms. The van der Waals surface area contributed by atoms with E-state index in [1.54, 1.807) is 0 Å². The molecule has 3 N–H and O–H groups in total. The summed E-state index contributed by atoms with van der Waals surface area (Å²) < 4.78 is 4.82. The summed E-state index contributed by atoms with van der Waals surface area (Å²) in [6, 6.07) is 0.384. The molecular formula is C12H23N3O4. The molecule has 7 heteroatoms. The molecule has 1 fully saturated rings. The van der Waals surface area contributed by atoms with E-state index in [-0.39, 0.29) is 25.8 Å². The lowest BCUT2D eigenvalue weighted by Gasteiger charge is -2.38. The lowest BCUT2D eigenvalue weighted by molar-refractivity contribution is -0.142. The van der Waals surface area contributed by atoms with Crippen LogP contribution in [0.15, 0.2) is 0 Å². The summed E-state index contributed by atoms with van der Waals surface area (Å²) >= 11 is 0. The molecule has 0 aromatic rings. The van der Waals surface area contributed by atoms with Crippen LogP contribution in [0.1, 0.15) is 33.1 Å². The maximum atomic E-state index is 11.7. The van der Waals surface area contributed by atoms with Gasteiger partial charge in [0.15, 0.2) is 0 Å². The van der Waals surface area contributed by atoms with Crippen molar-refractivity contribution < 1.29 is 19.4 Å². The average molecular weight is 273 g/mol. The van der Waals surface area contributed by atoms with Gasteiger partial charge in [0.2, 0.25) is 0 Å². The minimum atomic E-state index is -1.01. The first-order chi connectivity index (χ1) is 9.00. The number of nitrogens with one attached hydrogen (secondary N) is 2. The van der Waals surface area contributed by atoms with Gasteiger partial charge < -0.3 is 15.2 Å². The van der Waals surface area contributed by atoms with Gasteiger partial charge in [0.05, 0.1) is 6.61 Å². The van der Waals surface area contributed by atoms with Crippen molar-refractivity contribution in [3.63, 3.8) is 0 Å². The van der Waals surface area contributed by atoms with Gasteiger partial charge in [-0.3, -0.25) is 5.43 Å². The van der Waals surface area contributed by atoms with E-state index in [0.29, 0.717) is 12.1 Å². The summed E-state index contributed by atoms with van der Waals surface area (Å²) in [5.74, 6) is -1.01. The molecule has 2 amide bonds. The largest absolute Gasteiger partial charge is 0.480 e. The second-order valence-corrected chi connectivity index (χ2v) is 4.85. The SMILES string of the molecule is CC1CCCC(C)N1NC(=O)NCCOCC(=O)O. The third-order valence-corrected chi connectivity index (χ3v) is 3.18. The Morgan fingerprint density at radius 3 is 2.53 bits per heavy atom. The highest BCUT2D eigenvalue weighted by Gasteiger charge is 2.25. The van der Waals surface area contributed by atoms with Crippen LogP contribution in [0.2, 0.25) is 0 Å². The summed E-state index contributed by atoms with van der Waals surface area (Å²) in [6.45, 7) is 4.31. The zero-order valence-electron chi connectivity index (χ0n) is 11.5. The summed E-state index contributed by atoms with van der Waals surface area (Å²) in [5.41, 5.74) is 2.83. The molecule has 0 spiro atoms. The van der Waals surface area contributed by atoms with Crippen molar-refractivity contribution in [1.82, 2.24) is 15.8 Å². The minimum Gasteiger partial charge on any atom is -0.480 e. The molecule has 0 aromatic heterocycles. The predicted octanol–water partition coefficient (Wildman–Crippen LogP) is 0.565. The number of carbonyl (C=O) groups excluding carboxylic acids is 1. The zero-order chi connectivity index (χ0) is 14.3. The molecular weight excluding hydrogens is 250 g/mol. The Kier molecular flexibility index (Phi) is 6.58. The maximum absolute atomic E-state index is 11.7. The molecule has 1 saturated heterocycles. The van der Waals surface area contributed by atoms with Crippen molar-refractivity contribution in [2.24, 2.45) is 0 Å². The van der Waals surface area contributed by atoms with Crippen LogP contribution >= 0.6 is 0 Å². The molecule has 2 atom stereocenters. The average Bonchev–Trinajstić information content (AvgIpc) is 2.33. The molecule has 19 heavy (non-hydrogen) atoms. The molecule has 2 unspecified atom stereocenters. The fourth-order valence-electron chi connectivity index (χ4n) is 2.19. The monoisotopic (exact) mass is 273 g/mol. The molecule has 7 nitrogen and oxygen atoms in total.